The van der Waals surface area contributed by atoms with Crippen LogP contribution in [0, 0.1) is 12.7 Å². The first-order valence-electron chi connectivity index (χ1n) is 6.27. The van der Waals surface area contributed by atoms with Gasteiger partial charge in [0.15, 0.2) is 5.78 Å². The number of aryl methyl sites for hydroxylation is 1. The first-order chi connectivity index (χ1) is 10.1. The number of carbonyl (C=O) groups is 1. The third-order valence-corrected chi connectivity index (χ3v) is 4.77. The molecule has 2 heterocycles. The molecule has 2 aromatic heterocycles. The summed E-state index contributed by atoms with van der Waals surface area (Å²) in [5.41, 5.74) is 0.690. The Labute approximate surface area is 129 Å². The monoisotopic (exact) mass is 318 g/mol. The Balaban J connectivity index is 1.89. The molecule has 3 nitrogen and oxygen atoms in total. The van der Waals surface area contributed by atoms with E-state index in [1.165, 1.54) is 35.2 Å². The van der Waals surface area contributed by atoms with Crippen LogP contribution in [0.15, 0.2) is 40.7 Å². The Morgan fingerprint density at radius 2 is 2.19 bits per heavy atom. The number of thiophene rings is 1. The second-order valence-electron chi connectivity index (χ2n) is 4.43. The van der Waals surface area contributed by atoms with E-state index in [2.05, 4.69) is 9.97 Å². The van der Waals surface area contributed by atoms with E-state index in [-0.39, 0.29) is 17.4 Å². The highest BCUT2D eigenvalue weighted by Crippen LogP contribution is 2.27. The van der Waals surface area contributed by atoms with E-state index in [4.69, 9.17) is 0 Å². The van der Waals surface area contributed by atoms with Crippen LogP contribution in [0.2, 0.25) is 0 Å². The lowest BCUT2D eigenvalue weighted by Gasteiger charge is -2.06. The molecule has 0 aliphatic heterocycles. The maximum absolute atomic E-state index is 13.4. The molecule has 0 aliphatic rings. The summed E-state index contributed by atoms with van der Waals surface area (Å²) in [4.78, 5) is 21.4. The van der Waals surface area contributed by atoms with Crippen molar-refractivity contribution in [2.45, 2.75) is 11.9 Å². The van der Waals surface area contributed by atoms with Gasteiger partial charge in [0.25, 0.3) is 0 Å². The number of Topliss-reactive ketones (excluding diaryl/α,β-unsaturated/α-hetero) is 1. The molecule has 3 aromatic rings. The van der Waals surface area contributed by atoms with Crippen molar-refractivity contribution in [3.05, 3.63) is 52.2 Å². The number of nitrogens with zero attached hydrogens (tertiary/aromatic N) is 2. The minimum atomic E-state index is -0.332. The highest BCUT2D eigenvalue weighted by molar-refractivity contribution is 8.00. The van der Waals surface area contributed by atoms with E-state index in [0.29, 0.717) is 21.8 Å². The van der Waals surface area contributed by atoms with E-state index < -0.39 is 0 Å². The van der Waals surface area contributed by atoms with Crippen LogP contribution in [0.1, 0.15) is 15.5 Å². The second-order valence-corrected chi connectivity index (χ2v) is 6.34. The minimum Gasteiger partial charge on any atom is -0.292 e. The van der Waals surface area contributed by atoms with Crippen LogP contribution in [0.5, 0.6) is 0 Å². The Kier molecular flexibility index (Phi) is 3.98. The number of benzene rings is 1. The van der Waals surface area contributed by atoms with Gasteiger partial charge in [0.2, 0.25) is 0 Å². The zero-order valence-corrected chi connectivity index (χ0v) is 12.8. The fourth-order valence-corrected chi connectivity index (χ4v) is 3.63. The van der Waals surface area contributed by atoms with E-state index in [0.717, 1.165) is 4.88 Å². The van der Waals surface area contributed by atoms with Crippen molar-refractivity contribution in [1.29, 1.82) is 0 Å². The fraction of sp³-hybridized carbons (Fsp3) is 0.133. The first kappa shape index (κ1) is 14.2. The maximum Gasteiger partial charge on any atom is 0.183 e. The van der Waals surface area contributed by atoms with E-state index in [1.807, 2.05) is 11.4 Å². The number of hydrogen-bond acceptors (Lipinski definition) is 5. The van der Waals surface area contributed by atoms with E-state index in [9.17, 15) is 9.18 Å². The Morgan fingerprint density at radius 1 is 1.33 bits per heavy atom. The molecular weight excluding hydrogens is 307 g/mol. The summed E-state index contributed by atoms with van der Waals surface area (Å²) < 4.78 is 13.4. The number of thioether (sulfide) groups is 1. The van der Waals surface area contributed by atoms with Gasteiger partial charge in [0.1, 0.15) is 16.7 Å². The van der Waals surface area contributed by atoms with Crippen molar-refractivity contribution in [2.24, 2.45) is 0 Å². The number of halogens is 1. The molecule has 0 bridgehead atoms. The summed E-state index contributed by atoms with van der Waals surface area (Å²) in [7, 11) is 0. The van der Waals surface area contributed by atoms with Gasteiger partial charge in [-0.15, -0.1) is 11.3 Å². The van der Waals surface area contributed by atoms with Crippen molar-refractivity contribution in [3.63, 3.8) is 0 Å². The average Bonchev–Trinajstić information content (AvgIpc) is 2.99. The Morgan fingerprint density at radius 3 is 2.95 bits per heavy atom. The molecule has 1 aromatic carbocycles. The molecule has 6 heteroatoms. The van der Waals surface area contributed by atoms with Crippen molar-refractivity contribution < 1.29 is 9.18 Å². The summed E-state index contributed by atoms with van der Waals surface area (Å²) in [6.07, 6.45) is 0. The largest absolute Gasteiger partial charge is 0.292 e. The third-order valence-electron chi connectivity index (χ3n) is 2.87. The number of hydrogen-bond donors (Lipinski definition) is 0. The van der Waals surface area contributed by atoms with Gasteiger partial charge in [0, 0.05) is 5.39 Å². The highest BCUT2D eigenvalue weighted by Gasteiger charge is 2.12. The summed E-state index contributed by atoms with van der Waals surface area (Å²) in [6, 6.07) is 8.07. The molecular formula is C15H11FN2OS2. The maximum atomic E-state index is 13.4. The van der Waals surface area contributed by atoms with Gasteiger partial charge in [-0.3, -0.25) is 4.79 Å². The minimum absolute atomic E-state index is 0.0517. The van der Waals surface area contributed by atoms with Crippen LogP contribution in [-0.4, -0.2) is 21.5 Å². The second kappa shape index (κ2) is 5.91. The molecule has 0 amide bonds. The van der Waals surface area contributed by atoms with Gasteiger partial charge in [0.05, 0.1) is 16.1 Å². The van der Waals surface area contributed by atoms with Gasteiger partial charge in [-0.2, -0.15) is 0 Å². The quantitative estimate of drug-likeness (QED) is 0.412. The Hall–Kier alpha value is -1.79. The van der Waals surface area contributed by atoms with Gasteiger partial charge < -0.3 is 0 Å². The lowest BCUT2D eigenvalue weighted by Crippen LogP contribution is -2.01. The molecule has 0 aliphatic carbocycles. The number of fused-ring (bicyclic) bond motifs is 1. The fourth-order valence-electron chi connectivity index (χ4n) is 1.94. The predicted molar refractivity (Wildman–Crippen MR) is 83.6 cm³/mol. The SMILES string of the molecule is Cc1nc(SCC(=O)c2cccs2)c2cc(F)ccc2n1. The van der Waals surface area contributed by atoms with Gasteiger partial charge in [-0.05, 0) is 36.6 Å². The lowest BCUT2D eigenvalue weighted by atomic mass is 10.2. The standard InChI is InChI=1S/C15H11FN2OS2/c1-9-17-12-5-4-10(16)7-11(12)15(18-9)21-8-13(19)14-3-2-6-20-14/h2-7H,8H2,1H3. The van der Waals surface area contributed by atoms with Crippen molar-refractivity contribution in [2.75, 3.05) is 5.75 Å². The van der Waals surface area contributed by atoms with Crippen molar-refractivity contribution >= 4 is 39.8 Å². The predicted octanol–water partition coefficient (Wildman–Crippen LogP) is 4.11. The third kappa shape index (κ3) is 3.11. The van der Waals surface area contributed by atoms with Crippen molar-refractivity contribution in [3.8, 4) is 0 Å². The highest BCUT2D eigenvalue weighted by atomic mass is 32.2. The number of rotatable bonds is 4. The van der Waals surface area contributed by atoms with Gasteiger partial charge >= 0.3 is 0 Å². The number of ketones is 1. The molecule has 0 unspecified atom stereocenters. The molecule has 0 radical (unpaired) electrons. The Bertz CT molecular complexity index is 803. The molecule has 0 spiro atoms. The van der Waals surface area contributed by atoms with Crippen LogP contribution < -0.4 is 0 Å². The zero-order chi connectivity index (χ0) is 14.8. The zero-order valence-electron chi connectivity index (χ0n) is 11.2. The molecule has 3 rings (SSSR count). The van der Waals surface area contributed by atoms with Crippen LogP contribution >= 0.6 is 23.1 Å². The van der Waals surface area contributed by atoms with Crippen molar-refractivity contribution in [1.82, 2.24) is 9.97 Å². The van der Waals surface area contributed by atoms with Gasteiger partial charge in [-0.1, -0.05) is 17.8 Å². The first-order valence-corrected chi connectivity index (χ1v) is 8.13. The normalized spacial score (nSPS) is 11.0. The smallest absolute Gasteiger partial charge is 0.183 e. The molecule has 0 saturated heterocycles. The molecule has 0 atom stereocenters. The van der Waals surface area contributed by atoms with Crippen LogP contribution in [0.25, 0.3) is 10.9 Å². The summed E-state index contributed by atoms with van der Waals surface area (Å²) in [5.74, 6) is 0.611. The summed E-state index contributed by atoms with van der Waals surface area (Å²) in [6.45, 7) is 1.79. The molecule has 0 N–H and O–H groups in total. The van der Waals surface area contributed by atoms with Crippen LogP contribution in [-0.2, 0) is 0 Å². The molecule has 0 fully saturated rings. The number of carbonyl (C=O) groups excluding carboxylic acids is 1. The van der Waals surface area contributed by atoms with E-state index in [1.54, 1.807) is 19.1 Å². The summed E-state index contributed by atoms with van der Waals surface area (Å²) >= 11 is 2.74. The average molecular weight is 318 g/mol. The molecule has 21 heavy (non-hydrogen) atoms. The van der Waals surface area contributed by atoms with E-state index >= 15 is 0 Å². The van der Waals surface area contributed by atoms with Crippen LogP contribution in [0.4, 0.5) is 4.39 Å². The van der Waals surface area contributed by atoms with Gasteiger partial charge in [-0.25, -0.2) is 14.4 Å². The lowest BCUT2D eigenvalue weighted by molar-refractivity contribution is 0.102. The molecule has 106 valence electrons. The van der Waals surface area contributed by atoms with Crippen LogP contribution in [0.3, 0.4) is 0 Å². The molecule has 0 saturated carbocycles. The summed E-state index contributed by atoms with van der Waals surface area (Å²) in [5, 5.41) is 3.16. The topological polar surface area (TPSA) is 42.9 Å². The number of aromatic nitrogens is 2.